The summed E-state index contributed by atoms with van der Waals surface area (Å²) in [4.78, 5) is 0. The second-order valence-corrected chi connectivity index (χ2v) is 6.18. The van der Waals surface area contributed by atoms with E-state index in [9.17, 15) is 4.39 Å². The van der Waals surface area contributed by atoms with Gasteiger partial charge in [-0.05, 0) is 29.2 Å². The van der Waals surface area contributed by atoms with E-state index in [2.05, 4.69) is 20.8 Å². The zero-order valence-electron chi connectivity index (χ0n) is 11.9. The lowest BCUT2D eigenvalue weighted by Crippen LogP contribution is -2.11. The molecule has 0 aliphatic carbocycles. The van der Waals surface area contributed by atoms with Gasteiger partial charge in [0, 0.05) is 5.56 Å². The first kappa shape index (κ1) is 14.9. The molecule has 0 saturated heterocycles. The van der Waals surface area contributed by atoms with Crippen LogP contribution in [0.5, 0.6) is 5.75 Å². The van der Waals surface area contributed by atoms with E-state index in [0.717, 1.165) is 5.56 Å². The molecule has 0 spiro atoms. The summed E-state index contributed by atoms with van der Waals surface area (Å²) in [5.74, 6) is 0.304. The lowest BCUT2D eigenvalue weighted by molar-refractivity contribution is 0.300. The van der Waals surface area contributed by atoms with Crippen LogP contribution in [-0.2, 0) is 12.0 Å². The molecule has 1 nitrogen and oxygen atoms in total. The number of rotatable bonds is 3. The summed E-state index contributed by atoms with van der Waals surface area (Å²) in [6.07, 6.45) is 0. The highest BCUT2D eigenvalue weighted by atomic mass is 35.5. The van der Waals surface area contributed by atoms with Gasteiger partial charge in [-0.1, -0.05) is 56.6 Å². The first-order valence-corrected chi connectivity index (χ1v) is 6.92. The molecule has 2 rings (SSSR count). The molecule has 20 heavy (non-hydrogen) atoms. The van der Waals surface area contributed by atoms with Gasteiger partial charge in [0.1, 0.15) is 18.2 Å². The molecular formula is C17H18ClFO. The highest BCUT2D eigenvalue weighted by Gasteiger charge is 2.15. The van der Waals surface area contributed by atoms with Gasteiger partial charge in [-0.15, -0.1) is 0 Å². The lowest BCUT2D eigenvalue weighted by atomic mass is 9.87. The van der Waals surface area contributed by atoms with Gasteiger partial charge in [-0.25, -0.2) is 4.39 Å². The Hall–Kier alpha value is -1.54. The number of hydrogen-bond donors (Lipinski definition) is 0. The maximum atomic E-state index is 13.5. The van der Waals surface area contributed by atoms with Gasteiger partial charge in [0.25, 0.3) is 0 Å². The highest BCUT2D eigenvalue weighted by Crippen LogP contribution is 2.31. The summed E-state index contributed by atoms with van der Waals surface area (Å²) >= 11 is 6.22. The van der Waals surface area contributed by atoms with Crippen molar-refractivity contribution >= 4 is 11.6 Å². The number of ether oxygens (including phenoxy) is 1. The van der Waals surface area contributed by atoms with Crippen LogP contribution in [-0.4, -0.2) is 0 Å². The fourth-order valence-corrected chi connectivity index (χ4v) is 2.09. The standard InChI is InChI=1S/C17H18ClFO/c1-17(2,3)13-8-9-16(14(18)10-13)20-11-12-6-4-5-7-15(12)19/h4-10H,11H2,1-3H3. The van der Waals surface area contributed by atoms with Gasteiger partial charge in [-0.2, -0.15) is 0 Å². The van der Waals surface area contributed by atoms with Crippen LogP contribution in [0.25, 0.3) is 0 Å². The third-order valence-electron chi connectivity index (χ3n) is 3.14. The number of hydrogen-bond acceptors (Lipinski definition) is 1. The predicted octanol–water partition coefficient (Wildman–Crippen LogP) is 5.36. The highest BCUT2D eigenvalue weighted by molar-refractivity contribution is 6.32. The molecule has 0 saturated carbocycles. The number of benzene rings is 2. The van der Waals surface area contributed by atoms with E-state index in [4.69, 9.17) is 16.3 Å². The first-order valence-electron chi connectivity index (χ1n) is 6.54. The molecule has 106 valence electrons. The second-order valence-electron chi connectivity index (χ2n) is 5.78. The van der Waals surface area contributed by atoms with E-state index in [0.29, 0.717) is 16.3 Å². The van der Waals surface area contributed by atoms with Gasteiger partial charge in [-0.3, -0.25) is 0 Å². The fourth-order valence-electron chi connectivity index (χ4n) is 1.86. The van der Waals surface area contributed by atoms with Crippen molar-refractivity contribution in [3.63, 3.8) is 0 Å². The topological polar surface area (TPSA) is 9.23 Å². The quantitative estimate of drug-likeness (QED) is 0.740. The largest absolute Gasteiger partial charge is 0.487 e. The molecule has 2 aromatic carbocycles. The maximum absolute atomic E-state index is 13.5. The summed E-state index contributed by atoms with van der Waals surface area (Å²) < 4.78 is 19.1. The zero-order valence-corrected chi connectivity index (χ0v) is 12.7. The van der Waals surface area contributed by atoms with Gasteiger partial charge >= 0.3 is 0 Å². The normalized spacial score (nSPS) is 11.4. The van der Waals surface area contributed by atoms with E-state index in [1.165, 1.54) is 6.07 Å². The van der Waals surface area contributed by atoms with Gasteiger partial charge in [0.05, 0.1) is 5.02 Å². The summed E-state index contributed by atoms with van der Waals surface area (Å²) in [6, 6.07) is 12.3. The van der Waals surface area contributed by atoms with Crippen molar-refractivity contribution in [3.05, 3.63) is 64.4 Å². The fraction of sp³-hybridized carbons (Fsp3) is 0.294. The summed E-state index contributed by atoms with van der Waals surface area (Å²) in [5, 5.41) is 0.550. The minimum Gasteiger partial charge on any atom is -0.487 e. The van der Waals surface area contributed by atoms with Crippen LogP contribution in [0, 0.1) is 5.82 Å². The first-order chi connectivity index (χ1) is 9.38. The minimum atomic E-state index is -0.269. The monoisotopic (exact) mass is 292 g/mol. The Bertz CT molecular complexity index is 602. The molecule has 0 aromatic heterocycles. The molecule has 0 aliphatic rings. The van der Waals surface area contributed by atoms with Crippen LogP contribution in [0.2, 0.25) is 5.02 Å². The SMILES string of the molecule is CC(C)(C)c1ccc(OCc2ccccc2F)c(Cl)c1. The molecule has 0 fully saturated rings. The molecule has 0 bridgehead atoms. The van der Waals surface area contributed by atoms with Crippen LogP contribution in [0.3, 0.4) is 0 Å². The molecule has 0 amide bonds. The van der Waals surface area contributed by atoms with Crippen LogP contribution in [0.4, 0.5) is 4.39 Å². The average Bonchev–Trinajstić information content (AvgIpc) is 2.38. The third kappa shape index (κ3) is 3.51. The molecule has 0 unspecified atom stereocenters. The summed E-state index contributed by atoms with van der Waals surface area (Å²) in [7, 11) is 0. The predicted molar refractivity (Wildman–Crippen MR) is 80.9 cm³/mol. The molecular weight excluding hydrogens is 275 g/mol. The molecule has 2 aromatic rings. The summed E-state index contributed by atoms with van der Waals surface area (Å²) in [5.41, 5.74) is 1.69. The van der Waals surface area contributed by atoms with Crippen molar-refractivity contribution in [3.8, 4) is 5.75 Å². The molecule has 0 heterocycles. The average molecular weight is 293 g/mol. The Morgan fingerprint density at radius 1 is 1.10 bits per heavy atom. The minimum absolute atomic E-state index is 0.0354. The van der Waals surface area contributed by atoms with E-state index < -0.39 is 0 Å². The van der Waals surface area contributed by atoms with Crippen molar-refractivity contribution in [2.45, 2.75) is 32.8 Å². The zero-order chi connectivity index (χ0) is 14.8. The molecule has 0 N–H and O–H groups in total. The van der Waals surface area contributed by atoms with Crippen molar-refractivity contribution in [1.82, 2.24) is 0 Å². The van der Waals surface area contributed by atoms with E-state index >= 15 is 0 Å². The molecule has 0 aliphatic heterocycles. The smallest absolute Gasteiger partial charge is 0.138 e. The van der Waals surface area contributed by atoms with Crippen LogP contribution < -0.4 is 4.74 Å². The maximum Gasteiger partial charge on any atom is 0.138 e. The van der Waals surface area contributed by atoms with Crippen LogP contribution >= 0.6 is 11.6 Å². The Kier molecular flexibility index (Phi) is 4.34. The van der Waals surface area contributed by atoms with E-state index in [1.807, 2.05) is 18.2 Å². The van der Waals surface area contributed by atoms with Crippen molar-refractivity contribution < 1.29 is 9.13 Å². The van der Waals surface area contributed by atoms with Crippen molar-refractivity contribution in [1.29, 1.82) is 0 Å². The Morgan fingerprint density at radius 2 is 1.80 bits per heavy atom. The lowest BCUT2D eigenvalue weighted by Gasteiger charge is -2.20. The van der Waals surface area contributed by atoms with Gasteiger partial charge < -0.3 is 4.74 Å². The van der Waals surface area contributed by atoms with Crippen LogP contribution in [0.15, 0.2) is 42.5 Å². The Balaban J connectivity index is 2.13. The Morgan fingerprint density at radius 3 is 2.40 bits per heavy atom. The summed E-state index contributed by atoms with van der Waals surface area (Å²) in [6.45, 7) is 6.54. The van der Waals surface area contributed by atoms with Crippen molar-refractivity contribution in [2.75, 3.05) is 0 Å². The van der Waals surface area contributed by atoms with Gasteiger partial charge in [0.2, 0.25) is 0 Å². The Labute approximate surface area is 124 Å². The van der Waals surface area contributed by atoms with Gasteiger partial charge in [0.15, 0.2) is 0 Å². The second kappa shape index (κ2) is 5.84. The third-order valence-corrected chi connectivity index (χ3v) is 3.43. The molecule has 0 atom stereocenters. The number of halogens is 2. The van der Waals surface area contributed by atoms with E-state index in [-0.39, 0.29) is 17.8 Å². The van der Waals surface area contributed by atoms with Crippen molar-refractivity contribution in [2.24, 2.45) is 0 Å². The van der Waals surface area contributed by atoms with E-state index in [1.54, 1.807) is 18.2 Å². The molecule has 3 heteroatoms. The molecule has 0 radical (unpaired) electrons. The van der Waals surface area contributed by atoms with Crippen LogP contribution in [0.1, 0.15) is 31.9 Å².